The molecule has 0 aliphatic carbocycles. The molecule has 7 heteroatoms. The fraction of sp³-hybridized carbons (Fsp3) is 0.273. The summed E-state index contributed by atoms with van der Waals surface area (Å²) in [7, 11) is 0. The topological polar surface area (TPSA) is 50.7 Å². The van der Waals surface area contributed by atoms with Crippen LogP contribution in [0.15, 0.2) is 28.2 Å². The van der Waals surface area contributed by atoms with E-state index >= 15 is 0 Å². The molecule has 2 aromatic rings. The van der Waals surface area contributed by atoms with Crippen LogP contribution in [-0.2, 0) is 13.0 Å². The Bertz CT molecular complexity index is 588. The molecule has 0 atom stereocenters. The lowest BCUT2D eigenvalue weighted by Crippen LogP contribution is -2.19. The van der Waals surface area contributed by atoms with Gasteiger partial charge in [0.15, 0.2) is 5.16 Å². The van der Waals surface area contributed by atoms with E-state index in [2.05, 4.69) is 10.1 Å². The maximum atomic E-state index is 11.5. The van der Waals surface area contributed by atoms with Crippen molar-refractivity contribution in [3.8, 4) is 0 Å². The van der Waals surface area contributed by atoms with E-state index in [0.29, 0.717) is 28.2 Å². The Morgan fingerprint density at radius 2 is 2.00 bits per heavy atom. The van der Waals surface area contributed by atoms with E-state index < -0.39 is 0 Å². The molecule has 1 aromatic carbocycles. The number of nitrogens with one attached hydrogen (secondary N) is 1. The Balaban J connectivity index is 2.11. The number of rotatable bonds is 4. The summed E-state index contributed by atoms with van der Waals surface area (Å²) in [5.74, 6) is 0. The van der Waals surface area contributed by atoms with Crippen molar-refractivity contribution in [2.75, 3.05) is 6.26 Å². The molecule has 0 amide bonds. The van der Waals surface area contributed by atoms with Crippen LogP contribution in [-0.4, -0.2) is 21.0 Å². The summed E-state index contributed by atoms with van der Waals surface area (Å²) in [6.07, 6.45) is 2.51. The molecule has 0 saturated carbocycles. The van der Waals surface area contributed by atoms with E-state index in [0.717, 1.165) is 5.56 Å². The first-order valence-electron chi connectivity index (χ1n) is 5.24. The number of nitrogens with zero attached hydrogens (tertiary/aromatic N) is 2. The molecule has 96 valence electrons. The molecule has 1 heterocycles. The second kappa shape index (κ2) is 5.82. The van der Waals surface area contributed by atoms with Gasteiger partial charge in [0.1, 0.15) is 0 Å². The normalized spacial score (nSPS) is 10.8. The van der Waals surface area contributed by atoms with Crippen molar-refractivity contribution < 1.29 is 0 Å². The van der Waals surface area contributed by atoms with Crippen molar-refractivity contribution >= 4 is 35.0 Å². The Labute approximate surface area is 118 Å². The summed E-state index contributed by atoms with van der Waals surface area (Å²) < 4.78 is 1.40. The zero-order valence-corrected chi connectivity index (χ0v) is 11.9. The predicted molar refractivity (Wildman–Crippen MR) is 74.8 cm³/mol. The van der Waals surface area contributed by atoms with Crippen LogP contribution in [0.4, 0.5) is 0 Å². The minimum Gasteiger partial charge on any atom is -0.284 e. The molecule has 0 unspecified atom stereocenters. The molecule has 0 radical (unpaired) electrons. The van der Waals surface area contributed by atoms with Crippen molar-refractivity contribution in [1.82, 2.24) is 14.8 Å². The Morgan fingerprint density at radius 1 is 1.33 bits per heavy atom. The van der Waals surface area contributed by atoms with Crippen molar-refractivity contribution in [2.45, 2.75) is 18.1 Å². The van der Waals surface area contributed by atoms with Crippen molar-refractivity contribution in [3.63, 3.8) is 0 Å². The van der Waals surface area contributed by atoms with Gasteiger partial charge in [-0.2, -0.15) is 0 Å². The first-order chi connectivity index (χ1) is 8.58. The minimum atomic E-state index is -0.201. The standard InChI is InChI=1S/C11H11Cl2N3OS/c1-18-10-14-11(17)16(15-10)3-2-7-4-8(12)6-9(13)5-7/h4-6H,2-3H2,1H3,(H,14,15,17). The third kappa shape index (κ3) is 3.31. The van der Waals surface area contributed by atoms with Gasteiger partial charge >= 0.3 is 5.69 Å². The lowest BCUT2D eigenvalue weighted by atomic mass is 10.1. The number of hydrogen-bond donors (Lipinski definition) is 1. The second-order valence-corrected chi connectivity index (χ2v) is 5.36. The number of halogens is 2. The van der Waals surface area contributed by atoms with Gasteiger partial charge in [-0.05, 0) is 36.4 Å². The van der Waals surface area contributed by atoms with Crippen LogP contribution in [0.5, 0.6) is 0 Å². The zero-order chi connectivity index (χ0) is 13.1. The summed E-state index contributed by atoms with van der Waals surface area (Å²) in [5, 5.41) is 5.94. The molecule has 2 rings (SSSR count). The van der Waals surface area contributed by atoms with Gasteiger partial charge in [0.05, 0.1) is 6.54 Å². The summed E-state index contributed by atoms with van der Waals surface area (Å²) in [6, 6.07) is 5.35. The molecule has 0 saturated heterocycles. The van der Waals surface area contributed by atoms with Crippen LogP contribution in [0, 0.1) is 0 Å². The van der Waals surface area contributed by atoms with Crippen molar-refractivity contribution in [2.24, 2.45) is 0 Å². The number of aromatic nitrogens is 3. The number of benzene rings is 1. The molecule has 4 nitrogen and oxygen atoms in total. The second-order valence-electron chi connectivity index (χ2n) is 3.69. The minimum absolute atomic E-state index is 0.201. The lowest BCUT2D eigenvalue weighted by molar-refractivity contribution is 0.583. The van der Waals surface area contributed by atoms with Crippen molar-refractivity contribution in [1.29, 1.82) is 0 Å². The number of hydrogen-bond acceptors (Lipinski definition) is 3. The molecule has 0 aliphatic heterocycles. The Hall–Kier alpha value is -0.910. The summed E-state index contributed by atoms with van der Waals surface area (Å²) in [4.78, 5) is 14.2. The smallest absolute Gasteiger partial charge is 0.284 e. The molecule has 0 bridgehead atoms. The molecule has 0 fully saturated rings. The highest BCUT2D eigenvalue weighted by atomic mass is 35.5. The first-order valence-corrected chi connectivity index (χ1v) is 7.22. The van der Waals surface area contributed by atoms with Crippen LogP contribution in [0.2, 0.25) is 10.0 Å². The predicted octanol–water partition coefficient (Wildman–Crippen LogP) is 2.84. The molecular weight excluding hydrogens is 293 g/mol. The van der Waals surface area contributed by atoms with Crippen LogP contribution in [0.3, 0.4) is 0 Å². The number of aromatic amines is 1. The highest BCUT2D eigenvalue weighted by Crippen LogP contribution is 2.19. The van der Waals surface area contributed by atoms with Gasteiger partial charge in [0.2, 0.25) is 0 Å². The van der Waals surface area contributed by atoms with E-state index in [1.807, 2.05) is 18.4 Å². The molecule has 1 aromatic heterocycles. The number of H-pyrrole nitrogens is 1. The quantitative estimate of drug-likeness (QED) is 0.884. The third-order valence-corrected chi connectivity index (χ3v) is 3.39. The van der Waals surface area contributed by atoms with E-state index in [9.17, 15) is 4.79 Å². The maximum Gasteiger partial charge on any atom is 0.343 e. The number of thioether (sulfide) groups is 1. The summed E-state index contributed by atoms with van der Waals surface area (Å²) in [6.45, 7) is 0.493. The summed E-state index contributed by atoms with van der Waals surface area (Å²) in [5.41, 5.74) is 0.778. The fourth-order valence-electron chi connectivity index (χ4n) is 1.57. The van der Waals surface area contributed by atoms with Gasteiger partial charge in [0.25, 0.3) is 0 Å². The average Bonchev–Trinajstić information content (AvgIpc) is 2.66. The van der Waals surface area contributed by atoms with E-state index in [1.165, 1.54) is 16.4 Å². The van der Waals surface area contributed by atoms with Crippen LogP contribution < -0.4 is 5.69 Å². The first kappa shape index (κ1) is 13.5. The average molecular weight is 304 g/mol. The van der Waals surface area contributed by atoms with E-state index in [1.54, 1.807) is 6.07 Å². The summed E-state index contributed by atoms with van der Waals surface area (Å²) >= 11 is 13.2. The molecule has 1 N–H and O–H groups in total. The van der Waals surface area contributed by atoms with Crippen molar-refractivity contribution in [3.05, 3.63) is 44.3 Å². The van der Waals surface area contributed by atoms with Gasteiger partial charge in [0, 0.05) is 10.0 Å². The zero-order valence-electron chi connectivity index (χ0n) is 9.61. The largest absolute Gasteiger partial charge is 0.343 e. The molecular formula is C11H11Cl2N3OS. The molecule has 0 aliphatic rings. The van der Waals surface area contributed by atoms with Gasteiger partial charge in [-0.15, -0.1) is 5.10 Å². The fourth-order valence-corrected chi connectivity index (χ4v) is 2.51. The van der Waals surface area contributed by atoms with Gasteiger partial charge < -0.3 is 0 Å². The third-order valence-electron chi connectivity index (χ3n) is 2.39. The van der Waals surface area contributed by atoms with Gasteiger partial charge in [-0.1, -0.05) is 35.0 Å². The maximum absolute atomic E-state index is 11.5. The highest BCUT2D eigenvalue weighted by molar-refractivity contribution is 7.98. The van der Waals surface area contributed by atoms with Crippen LogP contribution in [0.25, 0.3) is 0 Å². The van der Waals surface area contributed by atoms with Gasteiger partial charge in [-0.3, -0.25) is 4.98 Å². The van der Waals surface area contributed by atoms with Crippen LogP contribution in [0.1, 0.15) is 5.56 Å². The van der Waals surface area contributed by atoms with E-state index in [-0.39, 0.29) is 5.69 Å². The number of aryl methyl sites for hydroxylation is 2. The van der Waals surface area contributed by atoms with E-state index in [4.69, 9.17) is 23.2 Å². The van der Waals surface area contributed by atoms with Gasteiger partial charge in [-0.25, -0.2) is 9.48 Å². The molecule has 0 spiro atoms. The monoisotopic (exact) mass is 303 g/mol. The molecule has 18 heavy (non-hydrogen) atoms. The Morgan fingerprint density at radius 3 is 2.56 bits per heavy atom. The SMILES string of the molecule is CSc1nn(CCc2cc(Cl)cc(Cl)c2)c(=O)[nH]1. The van der Waals surface area contributed by atoms with Crippen LogP contribution >= 0.6 is 35.0 Å². The Kier molecular flexibility index (Phi) is 4.37. The highest BCUT2D eigenvalue weighted by Gasteiger charge is 2.05. The lowest BCUT2D eigenvalue weighted by Gasteiger charge is -2.02.